The van der Waals surface area contributed by atoms with Crippen LogP contribution in [-0.2, 0) is 11.2 Å². The lowest BCUT2D eigenvalue weighted by molar-refractivity contribution is -0.605. The van der Waals surface area contributed by atoms with Crippen molar-refractivity contribution in [2.24, 2.45) is 5.92 Å². The maximum Gasteiger partial charge on any atom is 0.387 e. The Kier molecular flexibility index (Phi) is 8.37. The zero-order valence-electron chi connectivity index (χ0n) is 21.4. The Morgan fingerprint density at radius 2 is 1.90 bits per heavy atom. The van der Waals surface area contributed by atoms with Crippen LogP contribution in [0.2, 0.25) is 10.0 Å². The summed E-state index contributed by atoms with van der Waals surface area (Å²) in [5.74, 6) is 0.211. The van der Waals surface area contributed by atoms with Gasteiger partial charge in [-0.2, -0.15) is 13.5 Å². The lowest BCUT2D eigenvalue weighted by Crippen LogP contribution is -2.29. The average molecular weight is 595 g/mol. The van der Waals surface area contributed by atoms with Crippen LogP contribution in [0, 0.1) is 11.1 Å². The van der Waals surface area contributed by atoms with E-state index in [0.29, 0.717) is 40.7 Å². The Morgan fingerprint density at radius 3 is 2.60 bits per heavy atom. The molecule has 1 aliphatic carbocycles. The summed E-state index contributed by atoms with van der Waals surface area (Å²) in [5.41, 5.74) is 1.91. The van der Waals surface area contributed by atoms with E-state index in [1.165, 1.54) is 18.2 Å². The van der Waals surface area contributed by atoms with Gasteiger partial charge >= 0.3 is 12.6 Å². The Hall–Kier alpha value is -3.50. The van der Waals surface area contributed by atoms with Crippen LogP contribution in [0.15, 0.2) is 48.8 Å². The lowest BCUT2D eigenvalue weighted by Gasteiger charge is -2.28. The first-order valence-electron chi connectivity index (χ1n) is 12.6. The summed E-state index contributed by atoms with van der Waals surface area (Å²) in [6, 6.07) is 9.36. The van der Waals surface area contributed by atoms with Crippen molar-refractivity contribution in [3.63, 3.8) is 0 Å². The van der Waals surface area contributed by atoms with Crippen molar-refractivity contribution in [1.82, 2.24) is 0 Å². The number of carbonyl (C=O) groups excluding carboxylic acids is 1. The minimum Gasteiger partial charge on any atom is -0.619 e. The number of rotatable bonds is 10. The summed E-state index contributed by atoms with van der Waals surface area (Å²) in [6.45, 7) is -1.51. The number of aromatic nitrogens is 1. The number of fused-ring (bicyclic) bond motifs is 1. The number of hydrogen-bond acceptors (Lipinski definition) is 7. The summed E-state index contributed by atoms with van der Waals surface area (Å²) in [4.78, 5) is 15.4. The number of hydrogen-bond donors (Lipinski definition) is 0. The normalized spacial score (nSPS) is 15.3. The number of carbonyl (C=O) groups is 1. The number of nitrogens with zero attached hydrogens (tertiary/aromatic N) is 2. The molecule has 1 aliphatic heterocycles. The van der Waals surface area contributed by atoms with Crippen LogP contribution in [0.25, 0.3) is 0 Å². The summed E-state index contributed by atoms with van der Waals surface area (Å²) in [5, 5.41) is 11.9. The van der Waals surface area contributed by atoms with E-state index in [1.807, 2.05) is 11.9 Å². The van der Waals surface area contributed by atoms with Crippen LogP contribution in [0.3, 0.4) is 0 Å². The van der Waals surface area contributed by atoms with Crippen LogP contribution in [0.4, 0.5) is 14.5 Å². The fourth-order valence-corrected chi connectivity index (χ4v) is 4.94. The maximum atomic E-state index is 13.4. The van der Waals surface area contributed by atoms with Gasteiger partial charge < -0.3 is 29.1 Å². The SMILES string of the molecule is CN1CCOc2cc(C(=O)OC(Cc3c(Cl)c[n+]([O-])cc3Cl)c3ccc(OC(F)F)c(OCC4CC4)c3)ccc21. The molecule has 0 spiro atoms. The number of alkyl halides is 2. The van der Waals surface area contributed by atoms with Gasteiger partial charge in [-0.25, -0.2) is 4.79 Å². The molecule has 1 unspecified atom stereocenters. The van der Waals surface area contributed by atoms with Gasteiger partial charge in [-0.05, 0) is 54.7 Å². The summed E-state index contributed by atoms with van der Waals surface area (Å²) in [6.07, 6.45) is 3.29. The molecule has 0 N–H and O–H groups in total. The van der Waals surface area contributed by atoms with E-state index in [1.54, 1.807) is 18.2 Å². The standard InChI is InChI=1S/C28H26Cl2F2N2O6/c1-33-8-9-37-25-11-18(4-6-22(25)33)27(35)39-24(12-19-20(29)13-34(36)14-21(19)30)17-5-7-23(40-28(31)32)26(10-17)38-15-16-2-3-16/h4-7,10-11,13-14,16,24,28H,2-3,8-9,12,15H2,1H3. The topological polar surface area (TPSA) is 84.2 Å². The van der Waals surface area contributed by atoms with E-state index in [-0.39, 0.29) is 33.5 Å². The summed E-state index contributed by atoms with van der Waals surface area (Å²) >= 11 is 12.6. The zero-order chi connectivity index (χ0) is 28.4. The maximum absolute atomic E-state index is 13.4. The largest absolute Gasteiger partial charge is 0.619 e. The Labute approximate surface area is 239 Å². The fourth-order valence-electron chi connectivity index (χ4n) is 4.34. The molecule has 0 bridgehead atoms. The second-order valence-corrected chi connectivity index (χ2v) is 10.5. The molecule has 5 rings (SSSR count). The van der Waals surface area contributed by atoms with E-state index in [2.05, 4.69) is 4.74 Å². The van der Waals surface area contributed by atoms with Gasteiger partial charge in [0.15, 0.2) is 23.9 Å². The summed E-state index contributed by atoms with van der Waals surface area (Å²) in [7, 11) is 1.93. The van der Waals surface area contributed by atoms with Gasteiger partial charge in [0.25, 0.3) is 0 Å². The quantitative estimate of drug-likeness (QED) is 0.162. The zero-order valence-corrected chi connectivity index (χ0v) is 23.0. The molecule has 40 heavy (non-hydrogen) atoms. The molecule has 2 aliphatic rings. The average Bonchev–Trinajstić information content (AvgIpc) is 3.73. The van der Waals surface area contributed by atoms with Gasteiger partial charge in [-0.3, -0.25) is 0 Å². The van der Waals surface area contributed by atoms with Gasteiger partial charge in [-0.15, -0.1) is 0 Å². The number of anilines is 1. The van der Waals surface area contributed by atoms with E-state index >= 15 is 0 Å². The Bertz CT molecular complexity index is 1380. The van der Waals surface area contributed by atoms with E-state index < -0.39 is 18.7 Å². The fraction of sp³-hybridized carbons (Fsp3) is 0.357. The van der Waals surface area contributed by atoms with E-state index in [4.69, 9.17) is 37.4 Å². The van der Waals surface area contributed by atoms with Crippen molar-refractivity contribution in [3.05, 3.63) is 80.7 Å². The van der Waals surface area contributed by atoms with Crippen LogP contribution in [0.1, 0.15) is 40.4 Å². The highest BCUT2D eigenvalue weighted by Crippen LogP contribution is 2.38. The van der Waals surface area contributed by atoms with Crippen molar-refractivity contribution in [3.8, 4) is 17.2 Å². The molecule has 12 heteroatoms. The molecule has 1 atom stereocenters. The highest BCUT2D eigenvalue weighted by atomic mass is 35.5. The van der Waals surface area contributed by atoms with Crippen LogP contribution in [-0.4, -0.2) is 39.4 Å². The highest BCUT2D eigenvalue weighted by Gasteiger charge is 2.27. The lowest BCUT2D eigenvalue weighted by atomic mass is 10.0. The monoisotopic (exact) mass is 594 g/mol. The van der Waals surface area contributed by atoms with Crippen molar-refractivity contribution >= 4 is 34.9 Å². The number of halogens is 4. The van der Waals surface area contributed by atoms with Crippen LogP contribution in [0.5, 0.6) is 17.2 Å². The molecule has 2 heterocycles. The number of benzene rings is 2. The Morgan fingerprint density at radius 1 is 1.15 bits per heavy atom. The molecule has 2 aromatic carbocycles. The van der Waals surface area contributed by atoms with Gasteiger partial charge in [0.2, 0.25) is 0 Å². The first kappa shape index (κ1) is 28.0. The van der Waals surface area contributed by atoms with Crippen molar-refractivity contribution < 1.29 is 37.3 Å². The first-order valence-corrected chi connectivity index (χ1v) is 13.4. The molecule has 0 radical (unpaired) electrons. The van der Waals surface area contributed by atoms with Gasteiger partial charge in [-0.1, -0.05) is 29.3 Å². The minimum absolute atomic E-state index is 0.00839. The second kappa shape index (κ2) is 11.9. The van der Waals surface area contributed by atoms with Gasteiger partial charge in [0.05, 0.1) is 24.4 Å². The third-order valence-corrected chi connectivity index (χ3v) is 7.37. The van der Waals surface area contributed by atoms with Crippen LogP contribution >= 0.6 is 23.2 Å². The molecular weight excluding hydrogens is 569 g/mol. The third-order valence-electron chi connectivity index (χ3n) is 6.71. The predicted molar refractivity (Wildman–Crippen MR) is 144 cm³/mol. The number of likely N-dealkylation sites (N-methyl/N-ethyl adjacent to an activating group) is 1. The molecule has 212 valence electrons. The number of ether oxygens (including phenoxy) is 4. The third kappa shape index (κ3) is 6.62. The summed E-state index contributed by atoms with van der Waals surface area (Å²) < 4.78 is 48.7. The molecule has 8 nitrogen and oxygen atoms in total. The smallest absolute Gasteiger partial charge is 0.387 e. The molecular formula is C28H26Cl2F2N2O6. The van der Waals surface area contributed by atoms with Gasteiger partial charge in [0.1, 0.15) is 28.5 Å². The molecule has 1 fully saturated rings. The highest BCUT2D eigenvalue weighted by molar-refractivity contribution is 6.35. The predicted octanol–water partition coefficient (Wildman–Crippen LogP) is 5.99. The molecule has 1 aromatic heterocycles. The molecule has 0 saturated heterocycles. The van der Waals surface area contributed by atoms with Crippen LogP contribution < -0.4 is 23.8 Å². The van der Waals surface area contributed by atoms with E-state index in [0.717, 1.165) is 37.5 Å². The number of esters is 1. The van der Waals surface area contributed by atoms with Gasteiger partial charge in [0, 0.05) is 19.0 Å². The van der Waals surface area contributed by atoms with Crippen molar-refractivity contribution in [2.45, 2.75) is 32.0 Å². The second-order valence-electron chi connectivity index (χ2n) is 9.68. The minimum atomic E-state index is -3.05. The molecule has 3 aromatic rings. The molecule has 1 saturated carbocycles. The molecule has 0 amide bonds. The van der Waals surface area contributed by atoms with E-state index in [9.17, 15) is 18.8 Å². The van der Waals surface area contributed by atoms with Crippen molar-refractivity contribution in [1.29, 1.82) is 0 Å². The number of pyridine rings is 1. The first-order chi connectivity index (χ1) is 19.2. The van der Waals surface area contributed by atoms with Crippen molar-refractivity contribution in [2.75, 3.05) is 31.7 Å². The Balaban J connectivity index is 1.48.